The molecule has 0 saturated carbocycles. The minimum absolute atomic E-state index is 0.0187. The van der Waals surface area contributed by atoms with Crippen LogP contribution in [0.1, 0.15) is 48.0 Å². The van der Waals surface area contributed by atoms with Gasteiger partial charge in [-0.3, -0.25) is 18.9 Å². The number of aliphatic imine (C=N–C) groups is 1. The summed E-state index contributed by atoms with van der Waals surface area (Å²) >= 11 is 0. The topological polar surface area (TPSA) is 186 Å². The summed E-state index contributed by atoms with van der Waals surface area (Å²) in [6.07, 6.45) is 0.807. The first kappa shape index (κ1) is 32.7. The minimum atomic E-state index is -4.43. The first-order chi connectivity index (χ1) is 17.0. The van der Waals surface area contributed by atoms with E-state index in [9.17, 15) is 24.1 Å². The molecule has 0 radical (unpaired) electrons. The second-order valence-electron chi connectivity index (χ2n) is 10.2. The number of phosphoric ester groups is 1. The molecule has 0 aromatic carbocycles. The maximum atomic E-state index is 13.1. The van der Waals surface area contributed by atoms with Crippen molar-refractivity contribution in [1.82, 2.24) is 4.90 Å². The summed E-state index contributed by atoms with van der Waals surface area (Å²) in [7, 11) is -2.78. The number of nitrogens with two attached hydrogens (primary N) is 1. The number of ether oxygens (including phenoxy) is 3. The highest BCUT2D eigenvalue weighted by atomic mass is 31.2. The van der Waals surface area contributed by atoms with E-state index in [2.05, 4.69) is 4.99 Å². The van der Waals surface area contributed by atoms with Crippen LogP contribution in [0.3, 0.4) is 0 Å². The Bertz CT molecular complexity index is 859. The normalized spacial score (nSPS) is 21.2. The van der Waals surface area contributed by atoms with E-state index in [-0.39, 0.29) is 12.3 Å². The van der Waals surface area contributed by atoms with Crippen molar-refractivity contribution in [2.75, 3.05) is 27.2 Å². The van der Waals surface area contributed by atoms with Crippen LogP contribution in [0.2, 0.25) is 0 Å². The molecule has 3 unspecified atom stereocenters. The van der Waals surface area contributed by atoms with Gasteiger partial charge in [-0.1, -0.05) is 0 Å². The maximum absolute atomic E-state index is 13.1. The summed E-state index contributed by atoms with van der Waals surface area (Å²) in [5, 5.41) is 10.4. The Morgan fingerprint density at radius 2 is 1.59 bits per heavy atom. The van der Waals surface area contributed by atoms with Crippen LogP contribution in [-0.4, -0.2) is 79.9 Å². The smallest absolute Gasteiger partial charge is 0.437 e. The molecule has 0 aromatic rings. The molecular weight excluding hydrogens is 513 g/mol. The van der Waals surface area contributed by atoms with Gasteiger partial charge in [0.1, 0.15) is 18.2 Å². The van der Waals surface area contributed by atoms with Gasteiger partial charge in [0.15, 0.2) is 0 Å². The van der Waals surface area contributed by atoms with E-state index < -0.39 is 69.2 Å². The van der Waals surface area contributed by atoms with E-state index >= 15 is 0 Å². The summed E-state index contributed by atoms with van der Waals surface area (Å²) < 4.78 is 44.2. The number of aliphatic hydroxyl groups excluding tert-OH is 1. The number of rotatable bonds is 13. The fraction of sp³-hybridized carbons (Fsp3) is 0.727. The average Bonchev–Trinajstić information content (AvgIpc) is 3.15. The van der Waals surface area contributed by atoms with Crippen LogP contribution in [0.25, 0.3) is 0 Å². The van der Waals surface area contributed by atoms with Gasteiger partial charge < -0.3 is 30.0 Å². The summed E-state index contributed by atoms with van der Waals surface area (Å²) in [4.78, 5) is 39.3. The minimum Gasteiger partial charge on any atom is -0.437 e. The van der Waals surface area contributed by atoms with Gasteiger partial charge in [-0.05, 0) is 47.6 Å². The predicted octanol–water partition coefficient (Wildman–Crippen LogP) is 1.67. The Labute approximate surface area is 216 Å². The van der Waals surface area contributed by atoms with Crippen LogP contribution >= 0.6 is 7.82 Å². The predicted molar refractivity (Wildman–Crippen MR) is 130 cm³/mol. The summed E-state index contributed by atoms with van der Waals surface area (Å²) in [6, 6.07) is 0. The maximum Gasteiger partial charge on any atom is 0.480 e. The zero-order valence-electron chi connectivity index (χ0n) is 22.2. The van der Waals surface area contributed by atoms with Crippen molar-refractivity contribution >= 4 is 32.0 Å². The van der Waals surface area contributed by atoms with E-state index in [4.69, 9.17) is 33.5 Å². The number of hydrogen-bond donors (Lipinski definition) is 2. The van der Waals surface area contributed by atoms with E-state index in [1.165, 1.54) is 12.3 Å². The molecule has 0 spiro atoms. The van der Waals surface area contributed by atoms with Crippen molar-refractivity contribution in [2.24, 2.45) is 21.6 Å². The Balaban J connectivity index is 2.79. The Morgan fingerprint density at radius 1 is 1.08 bits per heavy atom. The zero-order chi connectivity index (χ0) is 28.4. The van der Waals surface area contributed by atoms with Gasteiger partial charge in [-0.25, -0.2) is 13.6 Å². The van der Waals surface area contributed by atoms with Gasteiger partial charge in [0.25, 0.3) is 0 Å². The summed E-state index contributed by atoms with van der Waals surface area (Å²) in [5.74, 6) is -1.26. The largest absolute Gasteiger partial charge is 0.480 e. The van der Waals surface area contributed by atoms with Gasteiger partial charge in [-0.2, -0.15) is 4.99 Å². The first-order valence-electron chi connectivity index (χ1n) is 11.4. The second kappa shape index (κ2) is 14.0. The molecule has 37 heavy (non-hydrogen) atoms. The van der Waals surface area contributed by atoms with E-state index in [1.807, 2.05) is 0 Å². The van der Waals surface area contributed by atoms with Crippen LogP contribution in [0.4, 0.5) is 0 Å². The van der Waals surface area contributed by atoms with Crippen molar-refractivity contribution < 1.29 is 51.8 Å². The molecule has 3 N–H and O–H groups in total. The third-order valence-corrected chi connectivity index (χ3v) is 6.07. The van der Waals surface area contributed by atoms with Crippen molar-refractivity contribution in [1.29, 1.82) is 0 Å². The van der Waals surface area contributed by atoms with Crippen molar-refractivity contribution in [3.63, 3.8) is 0 Å². The molecule has 14 nitrogen and oxygen atoms in total. The van der Waals surface area contributed by atoms with Crippen molar-refractivity contribution in [2.45, 2.75) is 66.4 Å². The number of carbonyl (C=O) groups excluding carboxylic acids is 3. The highest BCUT2D eigenvalue weighted by molar-refractivity contribution is 7.48. The van der Waals surface area contributed by atoms with Crippen LogP contribution in [-0.2, 0) is 46.7 Å². The second-order valence-corrected chi connectivity index (χ2v) is 11.8. The van der Waals surface area contributed by atoms with Gasteiger partial charge in [0.2, 0.25) is 20.0 Å². The number of aliphatic hydroxyl groups is 1. The fourth-order valence-electron chi connectivity index (χ4n) is 2.51. The molecule has 212 valence electrons. The van der Waals surface area contributed by atoms with Crippen molar-refractivity contribution in [3.05, 3.63) is 12.3 Å². The summed E-state index contributed by atoms with van der Waals surface area (Å²) in [6.45, 7) is 7.80. The average molecular weight is 552 g/mol. The number of nitrogens with zero attached hydrogens (tertiary/aromatic N) is 2. The van der Waals surface area contributed by atoms with E-state index in [0.717, 1.165) is 0 Å². The number of amidine groups is 1. The zero-order valence-corrected chi connectivity index (χ0v) is 23.1. The number of hydrogen-bond acceptors (Lipinski definition) is 12. The highest BCUT2D eigenvalue weighted by Gasteiger charge is 2.39. The SMILES string of the molecule is CN(/C=C\C(N)=NC=O)C1CC(O)C(COP(=O)(OCOC(=O)C(C)(C)C)OCOC(=O)C(C)(C)C)O1. The number of esters is 2. The molecule has 1 heterocycles. The molecule has 1 saturated heterocycles. The van der Waals surface area contributed by atoms with Crippen molar-refractivity contribution in [3.8, 4) is 0 Å². The van der Waals surface area contributed by atoms with Gasteiger partial charge in [-0.15, -0.1) is 0 Å². The van der Waals surface area contributed by atoms with Crippen LogP contribution in [0.15, 0.2) is 17.3 Å². The standard InChI is InChI=1S/C22H38N3O11P/c1-21(2,3)19(28)31-13-34-37(30,35-14-32-20(29)22(4,5)6)33-11-16-15(27)10-18(36-16)25(7)9-8-17(23)24-12-26/h8-9,12,15-16,18,27H,10-11,13-14H2,1-7H3,(H2,23,24,26)/b9-8-. The van der Waals surface area contributed by atoms with Gasteiger partial charge in [0.05, 0.1) is 23.5 Å². The molecule has 0 aromatic heterocycles. The lowest BCUT2D eigenvalue weighted by molar-refractivity contribution is -0.163. The molecule has 15 heteroatoms. The Morgan fingerprint density at radius 3 is 2.05 bits per heavy atom. The summed E-state index contributed by atoms with van der Waals surface area (Å²) in [5.41, 5.74) is 3.85. The molecule has 1 amide bonds. The molecule has 1 aliphatic heterocycles. The fourth-order valence-corrected chi connectivity index (χ4v) is 3.43. The third kappa shape index (κ3) is 11.7. The van der Waals surface area contributed by atoms with Crippen LogP contribution in [0.5, 0.6) is 0 Å². The molecule has 0 bridgehead atoms. The van der Waals surface area contributed by atoms with E-state index in [0.29, 0.717) is 6.41 Å². The quantitative estimate of drug-likeness (QED) is 0.0841. The van der Waals surface area contributed by atoms with E-state index in [1.54, 1.807) is 53.5 Å². The Hall–Kier alpha value is -2.35. The monoisotopic (exact) mass is 551 g/mol. The number of phosphoric acid groups is 1. The highest BCUT2D eigenvalue weighted by Crippen LogP contribution is 2.50. The third-order valence-electron chi connectivity index (χ3n) is 4.76. The van der Waals surface area contributed by atoms with Gasteiger partial charge >= 0.3 is 19.8 Å². The molecule has 1 fully saturated rings. The molecule has 1 aliphatic rings. The lowest BCUT2D eigenvalue weighted by Crippen LogP contribution is -2.29. The van der Waals surface area contributed by atoms with Crippen LogP contribution < -0.4 is 5.73 Å². The van der Waals surface area contributed by atoms with Crippen LogP contribution in [0, 0.1) is 10.8 Å². The molecule has 0 aliphatic carbocycles. The number of amides is 1. The number of carbonyl (C=O) groups is 3. The lowest BCUT2D eigenvalue weighted by Gasteiger charge is -2.24. The Kier molecular flexibility index (Phi) is 12.3. The first-order valence-corrected chi connectivity index (χ1v) is 12.8. The molecule has 1 rings (SSSR count). The molecular formula is C22H38N3O11P. The lowest BCUT2D eigenvalue weighted by atomic mass is 9.98. The van der Waals surface area contributed by atoms with Gasteiger partial charge in [0, 0.05) is 19.7 Å². The molecule has 3 atom stereocenters.